The van der Waals surface area contributed by atoms with Crippen molar-refractivity contribution in [2.75, 3.05) is 12.3 Å². The van der Waals surface area contributed by atoms with Crippen molar-refractivity contribution < 1.29 is 66.4 Å². The van der Waals surface area contributed by atoms with Crippen LogP contribution in [-0.2, 0) is 32.0 Å². The predicted octanol–water partition coefficient (Wildman–Crippen LogP) is -0.680. The Balaban J connectivity index is 1.20. The average Bonchev–Trinajstić information content (AvgIpc) is 3.58. The van der Waals surface area contributed by atoms with E-state index in [1.54, 1.807) is 0 Å². The lowest BCUT2D eigenvalue weighted by molar-refractivity contribution is -0.765. The number of phosphoric ester groups is 2. The van der Waals surface area contributed by atoms with Gasteiger partial charge in [0.25, 0.3) is 6.23 Å². The summed E-state index contributed by atoms with van der Waals surface area (Å²) in [5.41, 5.74) is 6.51. The van der Waals surface area contributed by atoms with Crippen LogP contribution in [0.25, 0.3) is 11.2 Å². The highest BCUT2D eigenvalue weighted by Crippen LogP contribution is 2.62. The van der Waals surface area contributed by atoms with Crippen LogP contribution in [0.2, 0.25) is 0 Å². The normalized spacial score (nSPS) is 32.1. The molecule has 2 aliphatic rings. The van der Waals surface area contributed by atoms with E-state index >= 15 is 0 Å². The van der Waals surface area contributed by atoms with Crippen molar-refractivity contribution in [2.45, 2.75) is 57.0 Å². The molecule has 0 aliphatic carbocycles. The Labute approximate surface area is 242 Å². The van der Waals surface area contributed by atoms with E-state index in [0.29, 0.717) is 5.56 Å². The molecule has 2 saturated heterocycles. The number of nitrogen functional groups attached to an aromatic ring is 1. The van der Waals surface area contributed by atoms with Gasteiger partial charge < -0.3 is 40.3 Å². The van der Waals surface area contributed by atoms with E-state index in [-0.39, 0.29) is 22.8 Å². The maximum Gasteiger partial charge on any atom is 0.483 e. The Kier molecular flexibility index (Phi) is 8.80. The molecule has 3 aromatic heterocycles. The summed E-state index contributed by atoms with van der Waals surface area (Å²) in [6.45, 7) is 1.91. The second-order valence-electron chi connectivity index (χ2n) is 9.89. The molecule has 2 aliphatic heterocycles. The molecule has 3 aromatic rings. The first-order chi connectivity index (χ1) is 20.2. The summed E-state index contributed by atoms with van der Waals surface area (Å²) >= 11 is 0. The first-order valence-corrected chi connectivity index (χ1v) is 15.7. The van der Waals surface area contributed by atoms with Crippen LogP contribution < -0.4 is 10.3 Å². The van der Waals surface area contributed by atoms with E-state index in [2.05, 4.69) is 19.3 Å². The van der Waals surface area contributed by atoms with Crippen LogP contribution in [0, 0.1) is 5.92 Å². The molecule has 0 amide bonds. The van der Waals surface area contributed by atoms with Gasteiger partial charge in [0, 0.05) is 12.0 Å². The minimum absolute atomic E-state index is 0.0746. The molecule has 7 N–H and O–H groups in total. The third-order valence-electron chi connectivity index (χ3n) is 6.90. The molecule has 2 fully saturated rings. The third-order valence-corrected chi connectivity index (χ3v) is 9.50. The van der Waals surface area contributed by atoms with Gasteiger partial charge in [-0.05, 0) is 13.0 Å². The highest BCUT2D eigenvalue weighted by atomic mass is 31.3. The fraction of sp³-hybridized carbons (Fsp3) is 0.500. The molecule has 0 spiro atoms. The van der Waals surface area contributed by atoms with Crippen LogP contribution in [0.3, 0.4) is 0 Å². The average molecular weight is 647 g/mol. The molecule has 21 heteroatoms. The zero-order valence-corrected chi connectivity index (χ0v) is 24.3. The van der Waals surface area contributed by atoms with E-state index in [1.807, 2.05) is 0 Å². The van der Waals surface area contributed by atoms with Crippen LogP contribution in [0.4, 0.5) is 5.82 Å². The van der Waals surface area contributed by atoms with E-state index < -0.39 is 71.3 Å². The molecule has 5 heterocycles. The smallest absolute Gasteiger partial charge is 0.388 e. The fourth-order valence-corrected chi connectivity index (χ4v) is 6.84. The van der Waals surface area contributed by atoms with Crippen molar-refractivity contribution in [3.8, 4) is 0 Å². The van der Waals surface area contributed by atoms with Crippen LogP contribution in [0.15, 0.2) is 37.2 Å². The van der Waals surface area contributed by atoms with Gasteiger partial charge in [-0.25, -0.2) is 24.1 Å². The quantitative estimate of drug-likeness (QED) is 0.0903. The Morgan fingerprint density at radius 3 is 2.58 bits per heavy atom. The number of nitrogens with zero attached hydrogens (tertiary/aromatic N) is 5. The number of Topliss-reactive ketones (excluding diaryl/α,β-unsaturated/α-hetero) is 1. The number of imidazole rings is 1. The molecule has 19 nitrogen and oxygen atoms in total. The summed E-state index contributed by atoms with van der Waals surface area (Å²) in [4.78, 5) is 43.9. The summed E-state index contributed by atoms with van der Waals surface area (Å²) in [5.74, 6) is -1.14. The van der Waals surface area contributed by atoms with Gasteiger partial charge in [-0.15, -0.1) is 0 Å². The van der Waals surface area contributed by atoms with Gasteiger partial charge in [0.2, 0.25) is 0 Å². The topological polar surface area (TPSA) is 272 Å². The van der Waals surface area contributed by atoms with Gasteiger partial charge in [0.05, 0.1) is 18.5 Å². The number of hydrogen-bond acceptors (Lipinski definition) is 15. The van der Waals surface area contributed by atoms with E-state index in [0.717, 1.165) is 0 Å². The first kappa shape index (κ1) is 31.6. The number of aromatic nitrogens is 5. The molecular formula is C22H29N6O13P2+. The monoisotopic (exact) mass is 647 g/mol. The fourth-order valence-electron chi connectivity index (χ4n) is 4.61. The molecule has 43 heavy (non-hydrogen) atoms. The molecule has 5 rings (SSSR count). The number of ketones is 1. The highest BCUT2D eigenvalue weighted by Gasteiger charge is 2.51. The van der Waals surface area contributed by atoms with Gasteiger partial charge in [0.15, 0.2) is 48.3 Å². The number of nitrogens with two attached hydrogens (primary N) is 1. The summed E-state index contributed by atoms with van der Waals surface area (Å²) in [5, 5.41) is 31.5. The number of fused-ring (bicyclic) bond motifs is 1. The molecule has 0 bridgehead atoms. The maximum atomic E-state index is 12.7. The number of pyridine rings is 1. The second kappa shape index (κ2) is 12.0. The number of carbonyl (C=O) groups is 1. The summed E-state index contributed by atoms with van der Waals surface area (Å²) in [7, 11) is -10.7. The van der Waals surface area contributed by atoms with Crippen molar-refractivity contribution in [3.63, 3.8) is 0 Å². The molecule has 10 atom stereocenters. The molecular weight excluding hydrogens is 618 g/mol. The Morgan fingerprint density at radius 2 is 1.86 bits per heavy atom. The maximum absolute atomic E-state index is 12.7. The third kappa shape index (κ3) is 6.53. The lowest BCUT2D eigenvalue weighted by atomic mass is 10.1. The molecule has 0 saturated carbocycles. The summed E-state index contributed by atoms with van der Waals surface area (Å²) in [6, 6.07) is 3.06. The zero-order chi connectivity index (χ0) is 31.3. The number of hydrogen-bond donors (Lipinski definition) is 6. The van der Waals surface area contributed by atoms with Crippen LogP contribution in [-0.4, -0.2) is 87.7 Å². The lowest BCUT2D eigenvalue weighted by Gasteiger charge is -2.22. The van der Waals surface area contributed by atoms with Gasteiger partial charge in [-0.2, -0.15) is 8.88 Å². The number of rotatable bonds is 10. The van der Waals surface area contributed by atoms with Crippen molar-refractivity contribution in [1.29, 1.82) is 0 Å². The number of aliphatic hydroxyl groups excluding tert-OH is 3. The van der Waals surface area contributed by atoms with Crippen molar-refractivity contribution in [2.24, 2.45) is 5.92 Å². The predicted molar refractivity (Wildman–Crippen MR) is 139 cm³/mol. The van der Waals surface area contributed by atoms with Crippen molar-refractivity contribution in [3.05, 3.63) is 42.7 Å². The van der Waals surface area contributed by atoms with Gasteiger partial charge in [-0.1, -0.05) is 6.92 Å². The van der Waals surface area contributed by atoms with E-state index in [1.165, 1.54) is 60.2 Å². The number of phosphoric acid groups is 2. The van der Waals surface area contributed by atoms with E-state index in [4.69, 9.17) is 24.3 Å². The standard InChI is InChI=1S/C22H28N6O13P2/c1-10-15(30)21(28-9-26-14-18(23)24-8-25-19(14)28)39-22(10)40-43(35,36)41-42(33,34)37-7-13-16(31)17(32)20(38-13)27-5-3-4-12(6-27)11(2)29/h3-6,8-10,13,15-17,20-22,30-32H,7H2,1-2H3,(H3-,23,24,25,33,34,35,36)/p+1. The van der Waals surface area contributed by atoms with Crippen molar-refractivity contribution in [1.82, 2.24) is 19.5 Å². The Hall–Kier alpha value is -2.77. The minimum atomic E-state index is -5.38. The van der Waals surface area contributed by atoms with Gasteiger partial charge >= 0.3 is 15.6 Å². The molecule has 234 valence electrons. The zero-order valence-electron chi connectivity index (χ0n) is 22.5. The number of ether oxygens (including phenoxy) is 2. The molecule has 0 radical (unpaired) electrons. The SMILES string of the molecule is CC(=O)c1ccc[n+](C2OC(COP(=O)(O)OP(=O)(O)OC3OC(n4cnc5c(N)ncnc54)C(O)C3C)C(O)C2O)c1. The lowest BCUT2D eigenvalue weighted by Crippen LogP contribution is -2.46. The summed E-state index contributed by atoms with van der Waals surface area (Å²) < 4.78 is 53.0. The van der Waals surface area contributed by atoms with Gasteiger partial charge in [0.1, 0.15) is 30.2 Å². The Morgan fingerprint density at radius 1 is 1.12 bits per heavy atom. The van der Waals surface area contributed by atoms with E-state index in [9.17, 15) is 39.0 Å². The number of carbonyl (C=O) groups excluding carboxylic acids is 1. The highest BCUT2D eigenvalue weighted by molar-refractivity contribution is 7.61. The first-order valence-electron chi connectivity index (χ1n) is 12.7. The van der Waals surface area contributed by atoms with Crippen LogP contribution in [0.5, 0.6) is 0 Å². The minimum Gasteiger partial charge on any atom is -0.388 e. The Bertz CT molecular complexity index is 1610. The largest absolute Gasteiger partial charge is 0.483 e. The number of anilines is 1. The second-order valence-corrected chi connectivity index (χ2v) is 12.9. The number of aliphatic hydroxyl groups is 3. The van der Waals surface area contributed by atoms with Gasteiger partial charge in [-0.3, -0.25) is 18.4 Å². The van der Waals surface area contributed by atoms with Crippen LogP contribution >= 0.6 is 15.6 Å². The summed E-state index contributed by atoms with van der Waals surface area (Å²) in [6.07, 6.45) is -4.53. The molecule has 10 unspecified atom stereocenters. The molecule has 0 aromatic carbocycles. The van der Waals surface area contributed by atoms with Crippen molar-refractivity contribution >= 4 is 38.4 Å². The van der Waals surface area contributed by atoms with Crippen LogP contribution in [0.1, 0.15) is 36.7 Å².